The molecule has 0 bridgehead atoms. The van der Waals surface area contributed by atoms with E-state index in [-0.39, 0.29) is 9.46 Å². The fraction of sp³-hybridized carbons (Fsp3) is 0.0714. The summed E-state index contributed by atoms with van der Waals surface area (Å²) in [7, 11) is -1.53. The Labute approximate surface area is 114 Å². The van der Waals surface area contributed by atoms with Crippen molar-refractivity contribution in [2.75, 3.05) is 0 Å². The predicted molar refractivity (Wildman–Crippen MR) is 76.1 cm³/mol. The van der Waals surface area contributed by atoms with E-state index in [1.165, 1.54) is 24.3 Å². The van der Waals surface area contributed by atoms with E-state index in [1.54, 1.807) is 0 Å². The van der Waals surface area contributed by atoms with Crippen molar-refractivity contribution in [2.45, 2.75) is 6.61 Å². The lowest BCUT2D eigenvalue weighted by molar-refractivity contribution is 0.0472. The van der Waals surface area contributed by atoms with Crippen LogP contribution in [0.5, 0.6) is 0 Å². The van der Waals surface area contributed by atoms with Gasteiger partial charge < -0.3 is 14.8 Å². The maximum atomic E-state index is 11.8. The van der Waals surface area contributed by atoms with Gasteiger partial charge in [0, 0.05) is 2.85 Å². The highest BCUT2D eigenvalue weighted by molar-refractivity contribution is 6.58. The molecule has 2 N–H and O–H groups in total. The van der Waals surface area contributed by atoms with Crippen LogP contribution in [-0.4, -0.2) is 23.1 Å². The second-order valence-corrected chi connectivity index (χ2v) is 4.06. The molecule has 0 atom stereocenters. The summed E-state index contributed by atoms with van der Waals surface area (Å²) in [6, 6.07) is 15.3. The fourth-order valence-electron chi connectivity index (χ4n) is 1.60. The lowest BCUT2D eigenvalue weighted by Crippen LogP contribution is -2.29. The van der Waals surface area contributed by atoms with Crippen molar-refractivity contribution in [3.63, 3.8) is 0 Å². The number of esters is 1. The van der Waals surface area contributed by atoms with Crippen molar-refractivity contribution < 1.29 is 22.4 Å². The van der Waals surface area contributed by atoms with Crippen LogP contribution >= 0.6 is 0 Å². The lowest BCUT2D eigenvalue weighted by atomic mass is 9.80. The molecule has 0 spiro atoms. The summed E-state index contributed by atoms with van der Waals surface area (Å²) in [5.41, 5.74) is 1.62. The van der Waals surface area contributed by atoms with Crippen LogP contribution in [0.1, 0.15) is 18.8 Å². The van der Waals surface area contributed by atoms with Crippen LogP contribution in [0.4, 0.5) is 0 Å². The Balaban J connectivity index is 0.00000200. The molecular formula is C14H17BO4. The zero-order valence-electron chi connectivity index (χ0n) is 10.2. The molecule has 0 aliphatic carbocycles. The van der Waals surface area contributed by atoms with Gasteiger partial charge in [-0.05, 0) is 23.2 Å². The Morgan fingerprint density at radius 2 is 1.68 bits per heavy atom. The standard InChI is InChI=1S/C14H13BO4.2H2/c16-14(19-10-11-4-2-1-3-5-11)12-6-8-13(9-7-12)15(17)18;;/h1-9,17-18H,10H2;2*1H. The topological polar surface area (TPSA) is 66.8 Å². The number of ether oxygens (including phenoxy) is 1. The molecule has 2 aromatic rings. The number of carbonyl (C=O) groups is 1. The van der Waals surface area contributed by atoms with E-state index in [1.807, 2.05) is 30.3 Å². The summed E-state index contributed by atoms with van der Waals surface area (Å²) in [4.78, 5) is 11.8. The van der Waals surface area contributed by atoms with E-state index in [2.05, 4.69) is 0 Å². The molecule has 5 heteroatoms. The minimum absolute atomic E-state index is 0. The van der Waals surface area contributed by atoms with Crippen LogP contribution in [0.25, 0.3) is 0 Å². The molecule has 0 unspecified atom stereocenters. The third kappa shape index (κ3) is 3.68. The quantitative estimate of drug-likeness (QED) is 0.640. The molecule has 0 fully saturated rings. The summed E-state index contributed by atoms with van der Waals surface area (Å²) >= 11 is 0. The zero-order valence-corrected chi connectivity index (χ0v) is 10.2. The van der Waals surface area contributed by atoms with Crippen molar-refractivity contribution in [3.05, 3.63) is 65.7 Å². The van der Waals surface area contributed by atoms with Gasteiger partial charge in [0.05, 0.1) is 5.56 Å². The molecule has 2 aromatic carbocycles. The molecule has 0 radical (unpaired) electrons. The number of benzene rings is 2. The van der Waals surface area contributed by atoms with Crippen LogP contribution in [-0.2, 0) is 11.3 Å². The monoisotopic (exact) mass is 260 g/mol. The SMILES string of the molecule is O=C(OCc1ccccc1)c1ccc(B(O)O)cc1.[HH].[HH]. The first-order valence-electron chi connectivity index (χ1n) is 5.84. The zero-order chi connectivity index (χ0) is 13.7. The molecule has 2 rings (SSSR count). The fourth-order valence-corrected chi connectivity index (χ4v) is 1.60. The van der Waals surface area contributed by atoms with Crippen molar-refractivity contribution in [1.82, 2.24) is 0 Å². The lowest BCUT2D eigenvalue weighted by Gasteiger charge is -2.05. The molecule has 0 aliphatic heterocycles. The third-order valence-corrected chi connectivity index (χ3v) is 2.66. The summed E-state index contributed by atoms with van der Waals surface area (Å²) in [5.74, 6) is -0.442. The number of rotatable bonds is 4. The van der Waals surface area contributed by atoms with E-state index >= 15 is 0 Å². The highest BCUT2D eigenvalue weighted by atomic mass is 16.5. The maximum absolute atomic E-state index is 11.8. The van der Waals surface area contributed by atoms with Gasteiger partial charge in [0.25, 0.3) is 0 Å². The van der Waals surface area contributed by atoms with E-state index in [0.717, 1.165) is 5.56 Å². The summed E-state index contributed by atoms with van der Waals surface area (Å²) in [6.45, 7) is 0.212. The normalized spacial score (nSPS) is 10.0. The molecule has 4 nitrogen and oxygen atoms in total. The average molecular weight is 260 g/mol. The van der Waals surface area contributed by atoms with Crippen molar-refractivity contribution in [2.24, 2.45) is 0 Å². The molecule has 0 aromatic heterocycles. The van der Waals surface area contributed by atoms with Gasteiger partial charge >= 0.3 is 13.1 Å². The molecule has 0 aliphatic rings. The van der Waals surface area contributed by atoms with Crippen molar-refractivity contribution in [3.8, 4) is 0 Å². The second kappa shape index (κ2) is 6.18. The second-order valence-electron chi connectivity index (χ2n) is 4.06. The summed E-state index contributed by atoms with van der Waals surface area (Å²) in [5, 5.41) is 17.9. The largest absolute Gasteiger partial charge is 0.488 e. The predicted octanol–water partition coefficient (Wildman–Crippen LogP) is 1.22. The molecule has 0 amide bonds. The summed E-state index contributed by atoms with van der Waals surface area (Å²) < 4.78 is 5.15. The average Bonchev–Trinajstić information content (AvgIpc) is 2.46. The first kappa shape index (κ1) is 13.3. The van der Waals surface area contributed by atoms with Crippen molar-refractivity contribution >= 4 is 18.6 Å². The van der Waals surface area contributed by atoms with Gasteiger partial charge in [-0.25, -0.2) is 4.79 Å². The molecule has 0 saturated carbocycles. The van der Waals surface area contributed by atoms with E-state index < -0.39 is 13.1 Å². The third-order valence-electron chi connectivity index (χ3n) is 2.66. The van der Waals surface area contributed by atoms with Crippen LogP contribution in [0.2, 0.25) is 0 Å². The highest BCUT2D eigenvalue weighted by Crippen LogP contribution is 2.05. The van der Waals surface area contributed by atoms with Crippen LogP contribution in [0.15, 0.2) is 54.6 Å². The molecule has 0 saturated heterocycles. The van der Waals surface area contributed by atoms with Crippen LogP contribution in [0, 0.1) is 0 Å². The Kier molecular flexibility index (Phi) is 4.33. The van der Waals surface area contributed by atoms with E-state index in [0.29, 0.717) is 11.0 Å². The van der Waals surface area contributed by atoms with E-state index in [4.69, 9.17) is 14.8 Å². The molecule has 19 heavy (non-hydrogen) atoms. The van der Waals surface area contributed by atoms with Crippen LogP contribution in [0.3, 0.4) is 0 Å². The number of hydrogen-bond acceptors (Lipinski definition) is 4. The first-order chi connectivity index (χ1) is 9.16. The number of carbonyl (C=O) groups excluding carboxylic acids is 1. The van der Waals surface area contributed by atoms with Gasteiger partial charge in [-0.1, -0.05) is 42.5 Å². The Bertz CT molecular complexity index is 547. The van der Waals surface area contributed by atoms with Gasteiger partial charge in [0.1, 0.15) is 6.61 Å². The molecule has 100 valence electrons. The van der Waals surface area contributed by atoms with E-state index in [9.17, 15) is 4.79 Å². The maximum Gasteiger partial charge on any atom is 0.488 e. The summed E-state index contributed by atoms with van der Waals surface area (Å²) in [6.07, 6.45) is 0. The van der Waals surface area contributed by atoms with Gasteiger partial charge in [-0.15, -0.1) is 0 Å². The Morgan fingerprint density at radius 3 is 2.26 bits per heavy atom. The van der Waals surface area contributed by atoms with Crippen molar-refractivity contribution in [1.29, 1.82) is 0 Å². The Morgan fingerprint density at radius 1 is 1.05 bits per heavy atom. The Hall–Kier alpha value is -2.11. The number of hydrogen-bond donors (Lipinski definition) is 2. The minimum Gasteiger partial charge on any atom is -0.457 e. The van der Waals surface area contributed by atoms with Gasteiger partial charge in [0.15, 0.2) is 0 Å². The molecule has 0 heterocycles. The van der Waals surface area contributed by atoms with Gasteiger partial charge in [0.2, 0.25) is 0 Å². The van der Waals surface area contributed by atoms with Gasteiger partial charge in [-0.2, -0.15) is 0 Å². The van der Waals surface area contributed by atoms with Crippen LogP contribution < -0.4 is 5.46 Å². The smallest absolute Gasteiger partial charge is 0.457 e. The first-order valence-corrected chi connectivity index (χ1v) is 5.84. The minimum atomic E-state index is -1.53. The molecular weight excluding hydrogens is 243 g/mol. The van der Waals surface area contributed by atoms with Gasteiger partial charge in [-0.3, -0.25) is 0 Å². The highest BCUT2D eigenvalue weighted by Gasteiger charge is 2.12.